The first kappa shape index (κ1) is 35.0. The summed E-state index contributed by atoms with van der Waals surface area (Å²) in [6.07, 6.45) is 18.2. The Bertz CT molecular complexity index is 1790. The Hall–Kier alpha value is -2.05. The first-order valence-electron chi connectivity index (χ1n) is 19.6. The molecule has 1 heterocycles. The predicted molar refractivity (Wildman–Crippen MR) is 204 cm³/mol. The van der Waals surface area contributed by atoms with Gasteiger partial charge in [0.15, 0.2) is 0 Å². The smallest absolute Gasteiger partial charge is 0.104 e. The molecule has 0 spiro atoms. The van der Waals surface area contributed by atoms with Gasteiger partial charge in [0.2, 0.25) is 0 Å². The van der Waals surface area contributed by atoms with E-state index in [2.05, 4.69) is 105 Å². The molecule has 8 saturated carbocycles. The second-order valence-corrected chi connectivity index (χ2v) is 21.8. The van der Waals surface area contributed by atoms with E-state index in [4.69, 9.17) is 0 Å². The van der Waals surface area contributed by atoms with Crippen molar-refractivity contribution in [2.45, 2.75) is 121 Å². The Morgan fingerprint density at radius 2 is 1.30 bits per heavy atom. The minimum absolute atomic E-state index is 0. The molecule has 4 heteroatoms. The van der Waals surface area contributed by atoms with Gasteiger partial charge in [-0.05, 0) is 147 Å². The van der Waals surface area contributed by atoms with Crippen molar-refractivity contribution >= 4 is 23.2 Å². The van der Waals surface area contributed by atoms with Gasteiger partial charge in [-0.1, -0.05) is 45.9 Å². The summed E-state index contributed by atoms with van der Waals surface area (Å²) in [6, 6.07) is 28.6. The van der Waals surface area contributed by atoms with Crippen LogP contribution in [0.25, 0.3) is 22.0 Å². The zero-order valence-corrected chi connectivity index (χ0v) is 33.8. The van der Waals surface area contributed by atoms with E-state index >= 15 is 4.57 Å². The second kappa shape index (κ2) is 13.1. The van der Waals surface area contributed by atoms with Gasteiger partial charge < -0.3 is 9.55 Å². The maximum Gasteiger partial charge on any atom is 0.104 e. The molecule has 4 aromatic rings. The number of fused-ring (bicyclic) bond motifs is 1. The van der Waals surface area contributed by atoms with Crippen molar-refractivity contribution in [3.63, 3.8) is 0 Å². The number of pyridine rings is 1. The van der Waals surface area contributed by atoms with Crippen LogP contribution < -0.4 is 5.30 Å². The number of rotatable bonds is 5. The van der Waals surface area contributed by atoms with Crippen LogP contribution in [0, 0.1) is 61.5 Å². The molecule has 50 heavy (non-hydrogen) atoms. The van der Waals surface area contributed by atoms with Crippen LogP contribution in [0.5, 0.6) is 0 Å². The maximum atomic E-state index is 15.9. The molecule has 12 rings (SSSR count). The molecular formula is C46H54IrNOP-2. The number of hydrogen-bond donors (Lipinski definition) is 0. The van der Waals surface area contributed by atoms with Crippen LogP contribution in [0.3, 0.4) is 0 Å². The topological polar surface area (TPSA) is 30.0 Å². The Kier molecular flexibility index (Phi) is 9.18. The maximum absolute atomic E-state index is 15.9. The first-order valence-corrected chi connectivity index (χ1v) is 21.3. The summed E-state index contributed by atoms with van der Waals surface area (Å²) >= 11 is 0. The van der Waals surface area contributed by atoms with E-state index in [1.165, 1.54) is 104 Å². The minimum Gasteiger partial charge on any atom is -0.320 e. The van der Waals surface area contributed by atoms with Crippen molar-refractivity contribution in [3.8, 4) is 11.3 Å². The fourth-order valence-corrected chi connectivity index (χ4v) is 19.0. The second-order valence-electron chi connectivity index (χ2n) is 18.2. The van der Waals surface area contributed by atoms with Crippen molar-refractivity contribution in [2.24, 2.45) is 35.5 Å². The molecule has 265 valence electrons. The average Bonchev–Trinajstić information content (AvgIpc) is 3.06. The van der Waals surface area contributed by atoms with E-state index in [0.29, 0.717) is 5.92 Å². The van der Waals surface area contributed by atoms with E-state index in [-0.39, 0.29) is 30.4 Å². The summed E-state index contributed by atoms with van der Waals surface area (Å²) < 4.78 is 15.9. The van der Waals surface area contributed by atoms with Gasteiger partial charge in [0.1, 0.15) is 7.14 Å². The molecule has 8 aliphatic rings. The molecule has 1 radical (unpaired) electrons. The summed E-state index contributed by atoms with van der Waals surface area (Å²) in [5.74, 6) is 5.77. The van der Waals surface area contributed by atoms with E-state index < -0.39 is 7.14 Å². The van der Waals surface area contributed by atoms with Gasteiger partial charge in [0, 0.05) is 36.6 Å². The number of aromatic nitrogens is 1. The largest absolute Gasteiger partial charge is 0.320 e. The first-order chi connectivity index (χ1) is 23.6. The third-order valence-corrected chi connectivity index (χ3v) is 19.0. The molecule has 0 N–H and O–H groups in total. The molecule has 0 unspecified atom stereocenters. The van der Waals surface area contributed by atoms with Crippen LogP contribution in [0.4, 0.5) is 0 Å². The van der Waals surface area contributed by atoms with Gasteiger partial charge in [0.25, 0.3) is 0 Å². The average molecular weight is 860 g/mol. The molecule has 0 atom stereocenters. The van der Waals surface area contributed by atoms with Crippen LogP contribution in [0.15, 0.2) is 66.9 Å². The van der Waals surface area contributed by atoms with E-state index in [1.807, 2.05) is 6.20 Å². The van der Waals surface area contributed by atoms with Gasteiger partial charge in [-0.3, -0.25) is 0 Å². The van der Waals surface area contributed by atoms with E-state index in [1.54, 1.807) is 0 Å². The summed E-state index contributed by atoms with van der Waals surface area (Å²) in [4.78, 5) is 4.60. The van der Waals surface area contributed by atoms with Crippen LogP contribution >= 0.6 is 7.14 Å². The summed E-state index contributed by atoms with van der Waals surface area (Å²) in [5, 5.41) is 3.87. The van der Waals surface area contributed by atoms with Crippen LogP contribution in [0.2, 0.25) is 0 Å². The number of hydrogen-bond acceptors (Lipinski definition) is 2. The monoisotopic (exact) mass is 860 g/mol. The molecular weight excluding hydrogens is 806 g/mol. The molecule has 0 aliphatic heterocycles. The van der Waals surface area contributed by atoms with Crippen molar-refractivity contribution in [2.75, 3.05) is 0 Å². The summed E-state index contributed by atoms with van der Waals surface area (Å²) in [5.41, 5.74) is 5.87. The molecule has 8 aliphatic carbocycles. The molecule has 0 saturated heterocycles. The third-order valence-electron chi connectivity index (χ3n) is 14.2. The Morgan fingerprint density at radius 1 is 0.740 bits per heavy atom. The van der Waals surface area contributed by atoms with Crippen LogP contribution in [0.1, 0.15) is 114 Å². The van der Waals surface area contributed by atoms with Gasteiger partial charge in [-0.25, -0.2) is 0 Å². The third kappa shape index (κ3) is 5.76. The van der Waals surface area contributed by atoms with Gasteiger partial charge >= 0.3 is 0 Å². The fraction of sp³-hybridized carbons (Fsp3) is 0.543. The molecule has 0 amide bonds. The summed E-state index contributed by atoms with van der Waals surface area (Å²) in [7, 11) is -2.53. The zero-order chi connectivity index (χ0) is 33.5. The zero-order valence-electron chi connectivity index (χ0n) is 30.5. The number of aryl methyl sites for hydroxylation is 2. The van der Waals surface area contributed by atoms with Gasteiger partial charge in [-0.2, -0.15) is 30.3 Å². The predicted octanol–water partition coefficient (Wildman–Crippen LogP) is 11.9. The van der Waals surface area contributed by atoms with Gasteiger partial charge in [-0.15, -0.1) is 40.2 Å². The van der Waals surface area contributed by atoms with Crippen LogP contribution in [-0.4, -0.2) is 15.3 Å². The van der Waals surface area contributed by atoms with Crippen LogP contribution in [-0.2, 0) is 24.7 Å². The minimum atomic E-state index is -2.53. The normalized spacial score (nSPS) is 34.3. The molecule has 2 nitrogen and oxygen atoms in total. The van der Waals surface area contributed by atoms with Crippen molar-refractivity contribution in [3.05, 3.63) is 95.7 Å². The molecule has 8 fully saturated rings. The van der Waals surface area contributed by atoms with Crippen molar-refractivity contribution in [1.82, 2.24) is 4.98 Å². The molecule has 1 aromatic heterocycles. The number of benzene rings is 3. The summed E-state index contributed by atoms with van der Waals surface area (Å²) in [6.45, 7) is 8.65. The number of nitrogens with zero attached hydrogens (tertiary/aromatic N) is 1. The fourth-order valence-electron chi connectivity index (χ4n) is 13.3. The van der Waals surface area contributed by atoms with Gasteiger partial charge in [0.05, 0.1) is 0 Å². The van der Waals surface area contributed by atoms with E-state index in [0.717, 1.165) is 52.3 Å². The Labute approximate surface area is 314 Å². The van der Waals surface area contributed by atoms with Crippen molar-refractivity contribution < 1.29 is 24.7 Å². The van der Waals surface area contributed by atoms with Crippen molar-refractivity contribution in [1.29, 1.82) is 0 Å². The Morgan fingerprint density at radius 3 is 1.78 bits per heavy atom. The SMILES string of the molecule is Cc1[c-]c(-c2nccc3cc(C(C)C)ccc23)cc(C)c1.O=P(c1[c-]cccc1)(C12CC3CC(CC(C3)C1)C2)C12CC3CC(CC(C3)C1)C2.[Ir]. The standard InChI is InChI=1S/C26H34OP.C20H20N.Ir/c27-28(24-4-2-1-3-5-24,25-12-18-6-19(13-25)8-20(7-18)14-25)26-15-21-9-22(16-26)11-23(10-21)17-26;1-13(2)16-5-6-19-17(12-16)7-8-21-20(19)18-10-14(3)9-15(4)11-18;/h1-4,18-23H,6-17H2;5-10,12-13H,1-4H3;/q2*-1;. The molecule has 3 aromatic carbocycles. The van der Waals surface area contributed by atoms with E-state index in [9.17, 15) is 0 Å². The Balaban J connectivity index is 0.000000148. The molecule has 8 bridgehead atoms. The quantitative estimate of drug-likeness (QED) is 0.148.